The van der Waals surface area contributed by atoms with Gasteiger partial charge in [0.2, 0.25) is 5.13 Å². The van der Waals surface area contributed by atoms with Gasteiger partial charge in [-0.05, 0) is 25.3 Å². The average molecular weight is 341 g/mol. The molecule has 4 rings (SSSR count). The molecule has 122 valence electrons. The van der Waals surface area contributed by atoms with Gasteiger partial charge in [0.05, 0.1) is 11.6 Å². The van der Waals surface area contributed by atoms with Gasteiger partial charge in [-0.15, -0.1) is 10.2 Å². The van der Waals surface area contributed by atoms with E-state index in [0.717, 1.165) is 24.0 Å². The number of hydrogen-bond acceptors (Lipinski definition) is 6. The summed E-state index contributed by atoms with van der Waals surface area (Å²) in [6.07, 6.45) is 1.62. The molecule has 1 N–H and O–H groups in total. The van der Waals surface area contributed by atoms with E-state index in [4.69, 9.17) is 0 Å². The van der Waals surface area contributed by atoms with E-state index in [1.165, 1.54) is 21.7 Å². The van der Waals surface area contributed by atoms with E-state index >= 15 is 0 Å². The van der Waals surface area contributed by atoms with E-state index in [0.29, 0.717) is 5.13 Å². The third kappa shape index (κ3) is 2.32. The number of anilines is 1. The first kappa shape index (κ1) is 15.0. The van der Waals surface area contributed by atoms with Gasteiger partial charge in [0.25, 0.3) is 5.91 Å². The SMILES string of the molecule is Cc1ccc(C2C(C(=O)C3CC3)=C(O)C(=O)N2c2nncs2)cc1. The van der Waals surface area contributed by atoms with Crippen LogP contribution in [0.3, 0.4) is 0 Å². The minimum absolute atomic E-state index is 0.0859. The fourth-order valence-corrected chi connectivity index (χ4v) is 3.54. The van der Waals surface area contributed by atoms with Crippen LogP contribution in [0.1, 0.15) is 30.0 Å². The topological polar surface area (TPSA) is 83.4 Å². The maximum absolute atomic E-state index is 12.7. The highest BCUT2D eigenvalue weighted by Gasteiger charge is 2.48. The lowest BCUT2D eigenvalue weighted by atomic mass is 9.94. The number of nitrogens with zero attached hydrogens (tertiary/aromatic N) is 3. The van der Waals surface area contributed by atoms with E-state index in [9.17, 15) is 14.7 Å². The monoisotopic (exact) mass is 341 g/mol. The van der Waals surface area contributed by atoms with E-state index in [1.807, 2.05) is 31.2 Å². The molecular formula is C17H15N3O3S. The zero-order valence-electron chi connectivity index (χ0n) is 13.0. The largest absolute Gasteiger partial charge is 0.503 e. The predicted molar refractivity (Wildman–Crippen MR) is 88.7 cm³/mol. The Morgan fingerprint density at radius 1 is 1.29 bits per heavy atom. The Morgan fingerprint density at radius 3 is 2.58 bits per heavy atom. The fourth-order valence-electron chi connectivity index (χ4n) is 2.96. The molecule has 1 aromatic carbocycles. The second kappa shape index (κ2) is 5.52. The molecule has 1 aromatic heterocycles. The van der Waals surface area contributed by atoms with Crippen molar-refractivity contribution in [2.75, 3.05) is 4.90 Å². The van der Waals surface area contributed by atoms with Gasteiger partial charge in [0.1, 0.15) is 5.51 Å². The molecule has 0 saturated heterocycles. The summed E-state index contributed by atoms with van der Waals surface area (Å²) < 4.78 is 0. The molecule has 0 radical (unpaired) electrons. The predicted octanol–water partition coefficient (Wildman–Crippen LogP) is 2.73. The number of ketones is 1. The highest BCUT2D eigenvalue weighted by Crippen LogP contribution is 2.45. The molecule has 1 saturated carbocycles. The van der Waals surface area contributed by atoms with Crippen LogP contribution in [0.2, 0.25) is 0 Å². The number of aliphatic hydroxyl groups is 1. The van der Waals surface area contributed by atoms with E-state index in [2.05, 4.69) is 10.2 Å². The van der Waals surface area contributed by atoms with E-state index < -0.39 is 17.7 Å². The van der Waals surface area contributed by atoms with Gasteiger partial charge < -0.3 is 5.11 Å². The Hall–Kier alpha value is -2.54. The molecule has 0 spiro atoms. The lowest BCUT2D eigenvalue weighted by molar-refractivity contribution is -0.118. The number of aliphatic hydroxyl groups excluding tert-OH is 1. The van der Waals surface area contributed by atoms with Crippen molar-refractivity contribution in [1.82, 2.24) is 10.2 Å². The lowest BCUT2D eigenvalue weighted by Crippen LogP contribution is -2.31. The summed E-state index contributed by atoms with van der Waals surface area (Å²) >= 11 is 1.20. The molecule has 1 aliphatic carbocycles. The standard InChI is InChI=1S/C17H15N3O3S/c1-9-2-4-10(5-3-9)13-12(14(21)11-6-7-11)15(22)16(23)20(13)17-19-18-8-24-17/h2-5,8,11,13,22H,6-7H2,1H3. The van der Waals surface area contributed by atoms with Crippen LogP contribution in [-0.4, -0.2) is 27.0 Å². The number of aryl methyl sites for hydroxylation is 1. The molecule has 2 heterocycles. The van der Waals surface area contributed by atoms with Crippen LogP contribution in [-0.2, 0) is 9.59 Å². The molecule has 1 fully saturated rings. The first-order valence-electron chi connectivity index (χ1n) is 7.71. The number of Topliss-reactive ketones (excluding diaryl/α,β-unsaturated/α-hetero) is 1. The van der Waals surface area contributed by atoms with Crippen molar-refractivity contribution >= 4 is 28.2 Å². The van der Waals surface area contributed by atoms with Crippen molar-refractivity contribution in [2.24, 2.45) is 5.92 Å². The number of carbonyl (C=O) groups is 2. The van der Waals surface area contributed by atoms with Crippen LogP contribution in [0, 0.1) is 12.8 Å². The van der Waals surface area contributed by atoms with Gasteiger partial charge in [0, 0.05) is 5.92 Å². The molecular weight excluding hydrogens is 326 g/mol. The third-order valence-electron chi connectivity index (χ3n) is 4.37. The van der Waals surface area contributed by atoms with Gasteiger partial charge in [-0.1, -0.05) is 41.2 Å². The van der Waals surface area contributed by atoms with E-state index in [1.54, 1.807) is 0 Å². The smallest absolute Gasteiger partial charge is 0.296 e. The van der Waals surface area contributed by atoms with Crippen molar-refractivity contribution in [2.45, 2.75) is 25.8 Å². The molecule has 7 heteroatoms. The van der Waals surface area contributed by atoms with Crippen molar-refractivity contribution in [3.63, 3.8) is 0 Å². The summed E-state index contributed by atoms with van der Waals surface area (Å²) in [6, 6.07) is 6.94. The molecule has 24 heavy (non-hydrogen) atoms. The normalized spacial score (nSPS) is 20.8. The summed E-state index contributed by atoms with van der Waals surface area (Å²) in [5.41, 5.74) is 3.56. The van der Waals surface area contributed by atoms with Gasteiger partial charge in [0.15, 0.2) is 11.5 Å². The molecule has 1 unspecified atom stereocenters. The minimum Gasteiger partial charge on any atom is -0.503 e. The molecule has 0 bridgehead atoms. The summed E-state index contributed by atoms with van der Waals surface area (Å²) in [6.45, 7) is 1.97. The molecule has 2 aromatic rings. The van der Waals surface area contributed by atoms with Crippen LogP contribution < -0.4 is 4.90 Å². The quantitative estimate of drug-likeness (QED) is 0.924. The zero-order chi connectivity index (χ0) is 16.8. The first-order chi connectivity index (χ1) is 11.6. The number of carbonyl (C=O) groups excluding carboxylic acids is 2. The van der Waals surface area contributed by atoms with Gasteiger partial charge in [-0.3, -0.25) is 14.5 Å². The molecule has 1 atom stereocenters. The Labute approximate surface area is 142 Å². The summed E-state index contributed by atoms with van der Waals surface area (Å²) in [5.74, 6) is -1.29. The number of benzene rings is 1. The number of amides is 1. The Balaban J connectivity index is 1.85. The van der Waals surface area contributed by atoms with Gasteiger partial charge >= 0.3 is 0 Å². The van der Waals surface area contributed by atoms with Crippen molar-refractivity contribution < 1.29 is 14.7 Å². The number of aromatic nitrogens is 2. The fraction of sp³-hybridized carbons (Fsp3) is 0.294. The van der Waals surface area contributed by atoms with Crippen LogP contribution >= 0.6 is 11.3 Å². The van der Waals surface area contributed by atoms with Gasteiger partial charge in [-0.25, -0.2) is 0 Å². The number of rotatable bonds is 4. The molecule has 1 aliphatic heterocycles. The third-order valence-corrected chi connectivity index (χ3v) is 5.06. The first-order valence-corrected chi connectivity index (χ1v) is 8.59. The lowest BCUT2D eigenvalue weighted by Gasteiger charge is -2.24. The second-order valence-corrected chi connectivity index (χ2v) is 6.92. The summed E-state index contributed by atoms with van der Waals surface area (Å²) in [4.78, 5) is 26.7. The van der Waals surface area contributed by atoms with Crippen molar-refractivity contribution in [1.29, 1.82) is 0 Å². The van der Waals surface area contributed by atoms with Gasteiger partial charge in [-0.2, -0.15) is 0 Å². The maximum atomic E-state index is 12.7. The Bertz CT molecular complexity index is 838. The van der Waals surface area contributed by atoms with Crippen LogP contribution in [0.15, 0.2) is 41.1 Å². The number of hydrogen-bond donors (Lipinski definition) is 1. The van der Waals surface area contributed by atoms with Crippen LogP contribution in [0.4, 0.5) is 5.13 Å². The maximum Gasteiger partial charge on any atom is 0.296 e. The van der Waals surface area contributed by atoms with Crippen LogP contribution in [0.5, 0.6) is 0 Å². The van der Waals surface area contributed by atoms with Crippen molar-refractivity contribution in [3.8, 4) is 0 Å². The van der Waals surface area contributed by atoms with Crippen LogP contribution in [0.25, 0.3) is 0 Å². The molecule has 2 aliphatic rings. The minimum atomic E-state index is -0.654. The second-order valence-electron chi connectivity index (χ2n) is 6.11. The van der Waals surface area contributed by atoms with Crippen molar-refractivity contribution in [3.05, 3.63) is 52.2 Å². The Kier molecular flexibility index (Phi) is 3.45. The van der Waals surface area contributed by atoms with E-state index in [-0.39, 0.29) is 17.3 Å². The molecule has 6 nitrogen and oxygen atoms in total. The Morgan fingerprint density at radius 2 is 2.00 bits per heavy atom. The summed E-state index contributed by atoms with van der Waals surface area (Å²) in [7, 11) is 0. The molecule has 1 amide bonds. The average Bonchev–Trinajstić information content (AvgIpc) is 3.23. The summed E-state index contributed by atoms with van der Waals surface area (Å²) in [5, 5.41) is 18.5. The highest BCUT2D eigenvalue weighted by atomic mass is 32.1. The zero-order valence-corrected chi connectivity index (χ0v) is 13.8. The highest BCUT2D eigenvalue weighted by molar-refractivity contribution is 7.13.